The third-order valence-electron chi connectivity index (χ3n) is 3.22. The Bertz CT molecular complexity index is 211. The first-order chi connectivity index (χ1) is 6.17. The van der Waals surface area contributed by atoms with Gasteiger partial charge >= 0.3 is 0 Å². The van der Waals surface area contributed by atoms with Crippen LogP contribution < -0.4 is 5.73 Å². The van der Waals surface area contributed by atoms with Crippen molar-refractivity contribution in [3.8, 4) is 0 Å². The van der Waals surface area contributed by atoms with E-state index < -0.39 is 0 Å². The minimum atomic E-state index is -0.204. The average molecular weight is 200 g/mol. The van der Waals surface area contributed by atoms with Crippen molar-refractivity contribution in [2.24, 2.45) is 11.7 Å². The van der Waals surface area contributed by atoms with Gasteiger partial charge in [0.15, 0.2) is 0 Å². The van der Waals surface area contributed by atoms with Crippen molar-refractivity contribution in [3.63, 3.8) is 0 Å². The van der Waals surface area contributed by atoms with Crippen LogP contribution in [-0.4, -0.2) is 42.8 Å². The predicted molar refractivity (Wildman–Crippen MR) is 59.3 cm³/mol. The predicted octanol–water partition coefficient (Wildman–Crippen LogP) is 1.08. The van der Waals surface area contributed by atoms with Crippen molar-refractivity contribution >= 4 is 0 Å². The zero-order valence-electron chi connectivity index (χ0n) is 10.3. The minimum absolute atomic E-state index is 0.111. The fourth-order valence-electron chi connectivity index (χ4n) is 2.47. The molecule has 84 valence electrons. The fraction of sp³-hybridized carbons (Fsp3) is 1.00. The normalized spacial score (nSPS) is 35.1. The SMILES string of the molecule is CN(C)CC1C(N)C(C)(C)OC1(C)C. The molecule has 0 bridgehead atoms. The van der Waals surface area contributed by atoms with Crippen LogP contribution in [0.1, 0.15) is 27.7 Å². The summed E-state index contributed by atoms with van der Waals surface area (Å²) in [6.07, 6.45) is 0. The van der Waals surface area contributed by atoms with Gasteiger partial charge in [-0.05, 0) is 41.8 Å². The number of nitrogens with zero attached hydrogens (tertiary/aromatic N) is 1. The van der Waals surface area contributed by atoms with Crippen molar-refractivity contribution < 1.29 is 4.74 Å². The molecule has 0 aromatic carbocycles. The molecule has 3 nitrogen and oxygen atoms in total. The van der Waals surface area contributed by atoms with E-state index in [2.05, 4.69) is 46.7 Å². The Kier molecular flexibility index (Phi) is 2.96. The van der Waals surface area contributed by atoms with Gasteiger partial charge in [-0.1, -0.05) is 0 Å². The second-order valence-electron chi connectivity index (χ2n) is 5.70. The highest BCUT2D eigenvalue weighted by molar-refractivity contribution is 5.04. The highest BCUT2D eigenvalue weighted by atomic mass is 16.5. The van der Waals surface area contributed by atoms with Crippen LogP contribution in [0.25, 0.3) is 0 Å². The van der Waals surface area contributed by atoms with Gasteiger partial charge < -0.3 is 15.4 Å². The van der Waals surface area contributed by atoms with Gasteiger partial charge in [0.05, 0.1) is 11.2 Å². The molecule has 1 fully saturated rings. The van der Waals surface area contributed by atoms with Crippen LogP contribution >= 0.6 is 0 Å². The molecule has 2 unspecified atom stereocenters. The van der Waals surface area contributed by atoms with Gasteiger partial charge in [-0.2, -0.15) is 0 Å². The Morgan fingerprint density at radius 1 is 1.14 bits per heavy atom. The van der Waals surface area contributed by atoms with E-state index in [0.29, 0.717) is 5.92 Å². The van der Waals surface area contributed by atoms with Crippen molar-refractivity contribution in [3.05, 3.63) is 0 Å². The molecule has 2 atom stereocenters. The maximum Gasteiger partial charge on any atom is 0.0788 e. The third-order valence-corrected chi connectivity index (χ3v) is 3.22. The molecular formula is C11H24N2O. The smallest absolute Gasteiger partial charge is 0.0788 e. The third kappa shape index (κ3) is 2.10. The molecule has 0 aromatic rings. The molecule has 1 saturated heterocycles. The summed E-state index contributed by atoms with van der Waals surface area (Å²) in [7, 11) is 4.16. The second-order valence-corrected chi connectivity index (χ2v) is 5.70. The second kappa shape index (κ2) is 3.47. The molecule has 1 rings (SSSR count). The highest BCUT2D eigenvalue weighted by Crippen LogP contribution is 2.41. The van der Waals surface area contributed by atoms with E-state index in [1.807, 2.05) is 0 Å². The van der Waals surface area contributed by atoms with E-state index >= 15 is 0 Å². The molecule has 3 heteroatoms. The molecule has 1 aliphatic rings. The summed E-state index contributed by atoms with van der Waals surface area (Å²) in [5, 5.41) is 0. The van der Waals surface area contributed by atoms with E-state index in [4.69, 9.17) is 10.5 Å². The lowest BCUT2D eigenvalue weighted by atomic mass is 9.83. The van der Waals surface area contributed by atoms with Gasteiger partial charge in [0.25, 0.3) is 0 Å². The number of nitrogens with two attached hydrogens (primary N) is 1. The molecule has 0 saturated carbocycles. The van der Waals surface area contributed by atoms with E-state index in [0.717, 1.165) is 6.54 Å². The Labute approximate surface area is 87.6 Å². The largest absolute Gasteiger partial charge is 0.368 e. The molecular weight excluding hydrogens is 176 g/mol. The summed E-state index contributed by atoms with van der Waals surface area (Å²) in [6.45, 7) is 9.41. The van der Waals surface area contributed by atoms with Crippen LogP contribution in [0.4, 0.5) is 0 Å². The summed E-state index contributed by atoms with van der Waals surface area (Å²) in [5.74, 6) is 0.396. The summed E-state index contributed by atoms with van der Waals surface area (Å²) < 4.78 is 6.01. The molecule has 14 heavy (non-hydrogen) atoms. The van der Waals surface area contributed by atoms with Crippen LogP contribution in [0.2, 0.25) is 0 Å². The summed E-state index contributed by atoms with van der Waals surface area (Å²) in [5.41, 5.74) is 5.91. The molecule has 0 aliphatic carbocycles. The number of ether oxygens (including phenoxy) is 1. The summed E-state index contributed by atoms with van der Waals surface area (Å²) in [4.78, 5) is 2.18. The molecule has 1 heterocycles. The molecule has 1 aliphatic heterocycles. The van der Waals surface area contributed by atoms with Gasteiger partial charge in [-0.15, -0.1) is 0 Å². The van der Waals surface area contributed by atoms with Gasteiger partial charge in [0.2, 0.25) is 0 Å². The number of rotatable bonds is 2. The molecule has 0 spiro atoms. The van der Waals surface area contributed by atoms with Crippen LogP contribution in [0.15, 0.2) is 0 Å². The Hall–Kier alpha value is -0.120. The molecule has 2 N–H and O–H groups in total. The lowest BCUT2D eigenvalue weighted by molar-refractivity contribution is -0.0777. The van der Waals surface area contributed by atoms with Crippen molar-refractivity contribution in [2.75, 3.05) is 20.6 Å². The molecule has 0 radical (unpaired) electrons. The monoisotopic (exact) mass is 200 g/mol. The first-order valence-electron chi connectivity index (χ1n) is 5.27. The highest BCUT2D eigenvalue weighted by Gasteiger charge is 2.51. The summed E-state index contributed by atoms with van der Waals surface area (Å²) >= 11 is 0. The zero-order chi connectivity index (χ0) is 11.1. The van der Waals surface area contributed by atoms with Crippen LogP contribution in [0, 0.1) is 5.92 Å². The van der Waals surface area contributed by atoms with E-state index in [1.165, 1.54) is 0 Å². The number of hydrogen-bond donors (Lipinski definition) is 1. The fourth-order valence-corrected chi connectivity index (χ4v) is 2.47. The molecule has 0 aromatic heterocycles. The standard InChI is InChI=1S/C11H24N2O/c1-10(2)8(7-13(5)6)9(12)11(3,4)14-10/h8-9H,7,12H2,1-6H3. The lowest BCUT2D eigenvalue weighted by Gasteiger charge is -2.29. The van der Waals surface area contributed by atoms with Gasteiger partial charge in [0.1, 0.15) is 0 Å². The minimum Gasteiger partial charge on any atom is -0.368 e. The average Bonchev–Trinajstić information content (AvgIpc) is 2.08. The van der Waals surface area contributed by atoms with Gasteiger partial charge in [-0.3, -0.25) is 0 Å². The van der Waals surface area contributed by atoms with Crippen molar-refractivity contribution in [1.29, 1.82) is 0 Å². The maximum absolute atomic E-state index is 6.23. The van der Waals surface area contributed by atoms with E-state index in [9.17, 15) is 0 Å². The van der Waals surface area contributed by atoms with E-state index in [1.54, 1.807) is 0 Å². The quantitative estimate of drug-likeness (QED) is 0.725. The van der Waals surface area contributed by atoms with Gasteiger partial charge in [0, 0.05) is 18.5 Å². The van der Waals surface area contributed by atoms with Crippen LogP contribution in [0.5, 0.6) is 0 Å². The topological polar surface area (TPSA) is 38.5 Å². The Morgan fingerprint density at radius 2 is 1.64 bits per heavy atom. The number of hydrogen-bond acceptors (Lipinski definition) is 3. The van der Waals surface area contributed by atoms with Crippen LogP contribution in [-0.2, 0) is 4.74 Å². The Balaban J connectivity index is 2.82. The summed E-state index contributed by atoms with van der Waals surface area (Å²) in [6, 6.07) is 0.111. The molecule has 0 amide bonds. The van der Waals surface area contributed by atoms with Crippen molar-refractivity contribution in [1.82, 2.24) is 4.90 Å². The lowest BCUT2D eigenvalue weighted by Crippen LogP contribution is -2.47. The van der Waals surface area contributed by atoms with Crippen molar-refractivity contribution in [2.45, 2.75) is 44.9 Å². The van der Waals surface area contributed by atoms with Crippen LogP contribution in [0.3, 0.4) is 0 Å². The van der Waals surface area contributed by atoms with E-state index in [-0.39, 0.29) is 17.2 Å². The maximum atomic E-state index is 6.23. The first kappa shape index (κ1) is 12.0. The Morgan fingerprint density at radius 3 is 1.93 bits per heavy atom. The van der Waals surface area contributed by atoms with Gasteiger partial charge in [-0.25, -0.2) is 0 Å². The first-order valence-corrected chi connectivity index (χ1v) is 5.27. The zero-order valence-corrected chi connectivity index (χ0v) is 10.3.